The summed E-state index contributed by atoms with van der Waals surface area (Å²) in [6, 6.07) is 4.94. The number of nitrogens with one attached hydrogen (secondary N) is 1. The number of halogens is 4. The average Bonchev–Trinajstić information content (AvgIpc) is 3.55. The van der Waals surface area contributed by atoms with Crippen molar-refractivity contribution in [3.63, 3.8) is 0 Å². The number of piperidine rings is 1. The Balaban J connectivity index is 1.32. The highest BCUT2D eigenvalue weighted by Crippen LogP contribution is 2.43. The van der Waals surface area contributed by atoms with Gasteiger partial charge in [0.25, 0.3) is 0 Å². The molecule has 4 atom stereocenters. The van der Waals surface area contributed by atoms with Crippen molar-refractivity contribution in [3.05, 3.63) is 34.9 Å². The fourth-order valence-electron chi connectivity index (χ4n) is 6.89. The number of thiazole rings is 1. The van der Waals surface area contributed by atoms with Gasteiger partial charge >= 0.3 is 6.01 Å². The minimum absolute atomic E-state index is 0.0454. The van der Waals surface area contributed by atoms with E-state index in [9.17, 15) is 8.78 Å². The summed E-state index contributed by atoms with van der Waals surface area (Å²) in [5, 5.41) is 4.39. The van der Waals surface area contributed by atoms with Crippen LogP contribution in [0.4, 0.5) is 24.1 Å². The third-order valence-corrected chi connectivity index (χ3v) is 10.1. The lowest BCUT2D eigenvalue weighted by atomic mass is 10.0. The number of anilines is 2. The molecule has 2 aromatic heterocycles. The molecule has 8 nitrogen and oxygen atoms in total. The largest absolute Gasteiger partial charge is 0.459 e. The molecule has 4 aromatic rings. The molecule has 5 heterocycles. The van der Waals surface area contributed by atoms with Gasteiger partial charge in [0.1, 0.15) is 29.9 Å². The first kappa shape index (κ1) is 28.8. The first-order chi connectivity index (χ1) is 20.8. The highest BCUT2D eigenvalue weighted by molar-refractivity contribution is 7.22. The third-order valence-electron chi connectivity index (χ3n) is 8.87. The maximum Gasteiger partial charge on any atom is 0.319 e. The highest BCUT2D eigenvalue weighted by Gasteiger charge is 2.35. The summed E-state index contributed by atoms with van der Waals surface area (Å²) >= 11 is 7.78. The Morgan fingerprint density at radius 1 is 1.12 bits per heavy atom. The van der Waals surface area contributed by atoms with Crippen LogP contribution in [0.25, 0.3) is 32.2 Å². The topological polar surface area (TPSA) is 92.4 Å². The van der Waals surface area contributed by atoms with Crippen LogP contribution in [0.2, 0.25) is 5.02 Å². The Morgan fingerprint density at radius 3 is 2.67 bits per heavy atom. The molecule has 3 fully saturated rings. The zero-order valence-corrected chi connectivity index (χ0v) is 25.3. The molecule has 7 rings (SSSR count). The molecule has 3 aliphatic heterocycles. The number of piperazine rings is 1. The van der Waals surface area contributed by atoms with Crippen molar-refractivity contribution >= 4 is 55.0 Å². The van der Waals surface area contributed by atoms with Gasteiger partial charge in [0.2, 0.25) is 0 Å². The summed E-state index contributed by atoms with van der Waals surface area (Å²) in [4.78, 5) is 17.9. The fourth-order valence-corrected chi connectivity index (χ4v) is 7.94. The van der Waals surface area contributed by atoms with Gasteiger partial charge in [0.15, 0.2) is 10.9 Å². The second-order valence-electron chi connectivity index (χ2n) is 11.9. The van der Waals surface area contributed by atoms with E-state index in [4.69, 9.17) is 27.1 Å². The standard InChI is InChI=1S/C30H33ClF3N7OS/c1-15(12-40-9-3-2-4-18(40)11-32)42-30-38-25-20(28(39-30)41-13-16-5-6-17(14-41)36-16)10-21(31)23(24(25)34)19-7-8-22(33)27-26(19)37-29(35)43-27/h7-8,10,15-18,36H,2-6,9,11-14H2,1H3,(H2,35,37)/t15-,16?,17?,18?/m0/s1. The number of aromatic nitrogens is 3. The van der Waals surface area contributed by atoms with Crippen LogP contribution in [0.5, 0.6) is 6.01 Å². The number of benzene rings is 2. The van der Waals surface area contributed by atoms with E-state index in [2.05, 4.69) is 25.1 Å². The van der Waals surface area contributed by atoms with Gasteiger partial charge in [-0.15, -0.1) is 0 Å². The van der Waals surface area contributed by atoms with Crippen LogP contribution < -0.4 is 20.7 Å². The number of fused-ring (bicyclic) bond motifs is 4. The highest BCUT2D eigenvalue weighted by atomic mass is 35.5. The molecule has 3 saturated heterocycles. The number of nitrogens with two attached hydrogens (primary N) is 1. The van der Waals surface area contributed by atoms with Gasteiger partial charge in [0, 0.05) is 54.3 Å². The lowest BCUT2D eigenvalue weighted by Crippen LogP contribution is -2.51. The van der Waals surface area contributed by atoms with Crippen LogP contribution in [0.3, 0.4) is 0 Å². The summed E-state index contributed by atoms with van der Waals surface area (Å²) in [7, 11) is 0. The van der Waals surface area contributed by atoms with E-state index in [1.165, 1.54) is 12.1 Å². The lowest BCUT2D eigenvalue weighted by molar-refractivity contribution is 0.0717. The van der Waals surface area contributed by atoms with Crippen molar-refractivity contribution in [2.24, 2.45) is 0 Å². The van der Waals surface area contributed by atoms with Gasteiger partial charge in [-0.2, -0.15) is 9.97 Å². The van der Waals surface area contributed by atoms with Crippen LogP contribution in [0.1, 0.15) is 39.0 Å². The van der Waals surface area contributed by atoms with Crippen LogP contribution in [0.15, 0.2) is 18.2 Å². The normalized spacial score (nSPS) is 23.4. The van der Waals surface area contributed by atoms with Crippen molar-refractivity contribution in [1.82, 2.24) is 25.2 Å². The molecule has 3 N–H and O–H groups in total. The van der Waals surface area contributed by atoms with Crippen molar-refractivity contribution in [1.29, 1.82) is 0 Å². The molecule has 2 aromatic carbocycles. The number of likely N-dealkylation sites (tertiary alicyclic amines) is 1. The maximum atomic E-state index is 16.7. The zero-order valence-electron chi connectivity index (χ0n) is 23.8. The fraction of sp³-hybridized carbons (Fsp3) is 0.500. The molecule has 13 heteroatoms. The molecular weight excluding hydrogens is 599 g/mol. The van der Waals surface area contributed by atoms with Gasteiger partial charge in [-0.3, -0.25) is 4.90 Å². The molecule has 0 spiro atoms. The van der Waals surface area contributed by atoms with Crippen LogP contribution >= 0.6 is 22.9 Å². The van der Waals surface area contributed by atoms with E-state index >= 15 is 4.39 Å². The first-order valence-electron chi connectivity index (χ1n) is 14.8. The molecule has 3 unspecified atom stereocenters. The SMILES string of the molecule is C[C@@H](CN1CCCCC1CF)Oc1nc(N2CC3CCC(C2)N3)c2cc(Cl)c(-c3ccc(F)c4sc(N)nc34)c(F)c2n1. The molecule has 0 amide bonds. The molecule has 2 bridgehead atoms. The van der Waals surface area contributed by atoms with Crippen molar-refractivity contribution in [2.75, 3.05) is 43.5 Å². The number of ether oxygens (including phenoxy) is 1. The van der Waals surface area contributed by atoms with Gasteiger partial charge in [0.05, 0.1) is 15.2 Å². The Kier molecular flexibility index (Phi) is 7.73. The molecular formula is C30H33ClF3N7OS. The van der Waals surface area contributed by atoms with Crippen molar-refractivity contribution < 1.29 is 17.9 Å². The van der Waals surface area contributed by atoms with Gasteiger partial charge in [-0.25, -0.2) is 18.2 Å². The summed E-state index contributed by atoms with van der Waals surface area (Å²) in [6.45, 7) is 4.23. The predicted octanol–water partition coefficient (Wildman–Crippen LogP) is 5.95. The molecule has 0 aliphatic carbocycles. The minimum atomic E-state index is -0.672. The van der Waals surface area contributed by atoms with E-state index in [0.29, 0.717) is 48.5 Å². The number of nitrogens with zero attached hydrogens (tertiary/aromatic N) is 5. The quantitative estimate of drug-likeness (QED) is 0.259. The first-order valence-corrected chi connectivity index (χ1v) is 16.0. The van der Waals surface area contributed by atoms with Crippen LogP contribution in [-0.2, 0) is 0 Å². The Bertz CT molecular complexity index is 1680. The number of alkyl halides is 1. The van der Waals surface area contributed by atoms with Crippen LogP contribution in [0, 0.1) is 11.6 Å². The van der Waals surface area contributed by atoms with Gasteiger partial charge < -0.3 is 20.7 Å². The summed E-state index contributed by atoms with van der Waals surface area (Å²) in [5.74, 6) is -0.605. The molecule has 0 radical (unpaired) electrons. The maximum absolute atomic E-state index is 16.7. The van der Waals surface area contributed by atoms with E-state index < -0.39 is 18.3 Å². The molecule has 3 aliphatic rings. The summed E-state index contributed by atoms with van der Waals surface area (Å²) in [5.41, 5.74) is 6.58. The number of hydrogen-bond donors (Lipinski definition) is 2. The third kappa shape index (κ3) is 5.36. The Morgan fingerprint density at radius 2 is 1.91 bits per heavy atom. The average molecular weight is 632 g/mol. The summed E-state index contributed by atoms with van der Waals surface area (Å²) in [6.07, 6.45) is 4.62. The Hall–Kier alpha value is -2.93. The van der Waals surface area contributed by atoms with E-state index in [1.807, 2.05) is 6.92 Å². The minimum Gasteiger partial charge on any atom is -0.459 e. The second kappa shape index (κ2) is 11.5. The van der Waals surface area contributed by atoms with Crippen LogP contribution in [-0.4, -0.2) is 76.9 Å². The van der Waals surface area contributed by atoms with E-state index in [-0.39, 0.29) is 49.6 Å². The second-order valence-corrected chi connectivity index (χ2v) is 13.3. The summed E-state index contributed by atoms with van der Waals surface area (Å²) < 4.78 is 51.4. The Labute approximate surface area is 256 Å². The smallest absolute Gasteiger partial charge is 0.319 e. The monoisotopic (exact) mass is 631 g/mol. The van der Waals surface area contributed by atoms with Gasteiger partial charge in [-0.1, -0.05) is 29.4 Å². The molecule has 228 valence electrons. The van der Waals surface area contributed by atoms with Gasteiger partial charge in [-0.05, 0) is 57.4 Å². The molecule has 0 saturated carbocycles. The number of hydrogen-bond acceptors (Lipinski definition) is 9. The van der Waals surface area contributed by atoms with E-state index in [0.717, 1.165) is 50.0 Å². The predicted molar refractivity (Wildman–Crippen MR) is 165 cm³/mol. The zero-order chi connectivity index (χ0) is 29.8. The van der Waals surface area contributed by atoms with Crippen molar-refractivity contribution in [3.8, 4) is 17.1 Å². The lowest BCUT2D eigenvalue weighted by Gasteiger charge is -2.36. The number of rotatable bonds is 7. The van der Waals surface area contributed by atoms with E-state index in [1.54, 1.807) is 6.07 Å². The van der Waals surface area contributed by atoms with Crippen molar-refractivity contribution in [2.45, 2.75) is 63.3 Å². The number of nitrogen functional groups attached to an aromatic ring is 1. The molecule has 43 heavy (non-hydrogen) atoms.